The van der Waals surface area contributed by atoms with Crippen molar-refractivity contribution < 1.29 is 19.4 Å². The third-order valence-electron chi connectivity index (χ3n) is 7.27. The summed E-state index contributed by atoms with van der Waals surface area (Å²) < 4.78 is 5.68. The van der Waals surface area contributed by atoms with Crippen LogP contribution in [-0.2, 0) is 14.3 Å². The number of carbonyl (C=O) groups excluding carboxylic acids is 2. The van der Waals surface area contributed by atoms with Crippen molar-refractivity contribution >= 4 is 11.8 Å². The molecule has 6 atom stereocenters. The molecule has 2 saturated carbocycles. The monoisotopic (exact) mass is 321 g/mol. The number of aliphatic hydroxyl groups excluding tert-OH is 1. The number of hydrogen-bond donors (Lipinski definition) is 1. The van der Waals surface area contributed by atoms with Crippen molar-refractivity contribution in [1.82, 2.24) is 4.90 Å². The van der Waals surface area contributed by atoms with Gasteiger partial charge in [0.05, 0.1) is 11.6 Å². The highest BCUT2D eigenvalue weighted by Crippen LogP contribution is 2.66. The smallest absolute Gasteiger partial charge is 0.302 e. The van der Waals surface area contributed by atoms with E-state index >= 15 is 0 Å². The molecule has 4 rings (SSSR count). The fraction of sp³-hybridized carbons (Fsp3) is 0.889. The molecule has 0 aromatic carbocycles. The van der Waals surface area contributed by atoms with Crippen LogP contribution in [0.15, 0.2) is 0 Å². The van der Waals surface area contributed by atoms with E-state index in [-0.39, 0.29) is 29.7 Å². The molecule has 2 heterocycles. The molecule has 23 heavy (non-hydrogen) atoms. The summed E-state index contributed by atoms with van der Waals surface area (Å²) in [6, 6.07) is 0. The van der Waals surface area contributed by atoms with Crippen molar-refractivity contribution in [1.29, 1.82) is 0 Å². The molecule has 128 valence electrons. The lowest BCUT2D eigenvalue weighted by molar-refractivity contribution is -0.199. The highest BCUT2D eigenvalue weighted by molar-refractivity contribution is 5.93. The van der Waals surface area contributed by atoms with Crippen molar-refractivity contribution in [3.63, 3.8) is 0 Å². The zero-order valence-electron chi connectivity index (χ0n) is 14.1. The number of esters is 1. The summed E-state index contributed by atoms with van der Waals surface area (Å²) in [5.41, 5.74) is -0.903. The largest absolute Gasteiger partial charge is 0.462 e. The number of ketones is 1. The van der Waals surface area contributed by atoms with Crippen LogP contribution in [-0.4, -0.2) is 52.6 Å². The maximum absolute atomic E-state index is 13.2. The van der Waals surface area contributed by atoms with Crippen molar-refractivity contribution in [3.8, 4) is 0 Å². The van der Waals surface area contributed by atoms with E-state index < -0.39 is 17.1 Å². The molecule has 5 nitrogen and oxygen atoms in total. The predicted molar refractivity (Wildman–Crippen MR) is 83.7 cm³/mol. The van der Waals surface area contributed by atoms with Gasteiger partial charge in [-0.1, -0.05) is 6.92 Å². The third-order valence-corrected chi connectivity index (χ3v) is 7.27. The van der Waals surface area contributed by atoms with Gasteiger partial charge >= 0.3 is 5.97 Å². The molecular weight excluding hydrogens is 294 g/mol. The van der Waals surface area contributed by atoms with Gasteiger partial charge in [-0.2, -0.15) is 0 Å². The van der Waals surface area contributed by atoms with E-state index in [9.17, 15) is 14.7 Å². The van der Waals surface area contributed by atoms with Crippen LogP contribution in [0.25, 0.3) is 0 Å². The SMILES string of the molecule is CC(=O)OC1C(C)CC(O)C23CCCN4CCCC42C(=O)CC13. The van der Waals surface area contributed by atoms with E-state index in [4.69, 9.17) is 4.74 Å². The molecule has 2 aliphatic heterocycles. The van der Waals surface area contributed by atoms with Crippen LogP contribution in [0.2, 0.25) is 0 Å². The summed E-state index contributed by atoms with van der Waals surface area (Å²) in [6.07, 6.45) is 4.16. The number of rotatable bonds is 1. The molecule has 1 N–H and O–H groups in total. The minimum Gasteiger partial charge on any atom is -0.462 e. The van der Waals surface area contributed by atoms with Crippen molar-refractivity contribution in [2.75, 3.05) is 13.1 Å². The van der Waals surface area contributed by atoms with Crippen LogP contribution in [0.3, 0.4) is 0 Å². The average Bonchev–Trinajstić information content (AvgIpc) is 3.03. The third kappa shape index (κ3) is 1.75. The van der Waals surface area contributed by atoms with Crippen LogP contribution >= 0.6 is 0 Å². The molecule has 4 fully saturated rings. The van der Waals surface area contributed by atoms with Crippen LogP contribution < -0.4 is 0 Å². The summed E-state index contributed by atoms with van der Waals surface area (Å²) in [6.45, 7) is 5.40. The lowest BCUT2D eigenvalue weighted by Crippen LogP contribution is -2.69. The highest BCUT2D eigenvalue weighted by atomic mass is 16.5. The summed E-state index contributed by atoms with van der Waals surface area (Å²) in [4.78, 5) is 27.1. The average molecular weight is 321 g/mol. The van der Waals surface area contributed by atoms with E-state index in [0.29, 0.717) is 12.8 Å². The molecule has 2 spiro atoms. The minimum atomic E-state index is -0.492. The maximum Gasteiger partial charge on any atom is 0.302 e. The molecule has 0 aromatic rings. The highest BCUT2D eigenvalue weighted by Gasteiger charge is 2.74. The molecule has 0 radical (unpaired) electrons. The van der Waals surface area contributed by atoms with Crippen molar-refractivity contribution in [2.24, 2.45) is 17.3 Å². The second-order valence-electron chi connectivity index (χ2n) is 8.13. The van der Waals surface area contributed by atoms with Gasteiger partial charge in [0.25, 0.3) is 0 Å². The molecule has 2 aliphatic carbocycles. The van der Waals surface area contributed by atoms with Gasteiger partial charge in [-0.05, 0) is 51.1 Å². The molecule has 4 aliphatic rings. The molecule has 0 bridgehead atoms. The molecule has 0 amide bonds. The number of nitrogens with zero attached hydrogens (tertiary/aromatic N) is 1. The first kappa shape index (κ1) is 15.6. The Labute approximate surface area is 137 Å². The van der Waals surface area contributed by atoms with Gasteiger partial charge in [0.15, 0.2) is 5.78 Å². The number of Topliss-reactive ketones (excluding diaryl/α,β-unsaturated/α-hetero) is 1. The molecular formula is C18H27NO4. The summed E-state index contributed by atoms with van der Waals surface area (Å²) in [7, 11) is 0. The zero-order valence-corrected chi connectivity index (χ0v) is 14.1. The van der Waals surface area contributed by atoms with E-state index in [1.807, 2.05) is 6.92 Å². The van der Waals surface area contributed by atoms with Crippen molar-refractivity contribution in [2.45, 2.75) is 70.1 Å². The fourth-order valence-electron chi connectivity index (χ4n) is 6.67. The van der Waals surface area contributed by atoms with Crippen LogP contribution in [0.1, 0.15) is 52.4 Å². The van der Waals surface area contributed by atoms with Crippen LogP contribution in [0.5, 0.6) is 0 Å². The predicted octanol–water partition coefficient (Wildman–Crippen LogP) is 1.52. The van der Waals surface area contributed by atoms with E-state index in [1.54, 1.807) is 0 Å². The van der Waals surface area contributed by atoms with E-state index in [1.165, 1.54) is 6.92 Å². The molecule has 6 unspecified atom stereocenters. The van der Waals surface area contributed by atoms with Gasteiger partial charge in [0, 0.05) is 24.7 Å². The van der Waals surface area contributed by atoms with Gasteiger partial charge in [-0.15, -0.1) is 0 Å². The van der Waals surface area contributed by atoms with Gasteiger partial charge < -0.3 is 9.84 Å². The van der Waals surface area contributed by atoms with Gasteiger partial charge in [-0.25, -0.2) is 0 Å². The van der Waals surface area contributed by atoms with Gasteiger partial charge in [0.1, 0.15) is 6.10 Å². The zero-order chi connectivity index (χ0) is 16.4. The van der Waals surface area contributed by atoms with E-state index in [2.05, 4.69) is 4.90 Å². The Morgan fingerprint density at radius 1 is 1.30 bits per heavy atom. The number of carbonyl (C=O) groups is 2. The fourth-order valence-corrected chi connectivity index (χ4v) is 6.67. The Morgan fingerprint density at radius 3 is 2.70 bits per heavy atom. The Hall–Kier alpha value is -0.940. The summed E-state index contributed by atoms with van der Waals surface area (Å²) in [5.74, 6) is 0.0775. The maximum atomic E-state index is 13.2. The first-order valence-corrected chi connectivity index (χ1v) is 9.07. The first-order valence-electron chi connectivity index (χ1n) is 9.07. The lowest BCUT2D eigenvalue weighted by Gasteiger charge is -2.59. The quantitative estimate of drug-likeness (QED) is 0.742. The van der Waals surface area contributed by atoms with Gasteiger partial charge in [0.2, 0.25) is 0 Å². The number of ether oxygens (including phenoxy) is 1. The topological polar surface area (TPSA) is 66.8 Å². The first-order chi connectivity index (χ1) is 10.9. The Kier molecular flexibility index (Phi) is 3.40. The second-order valence-corrected chi connectivity index (χ2v) is 8.13. The second kappa shape index (κ2) is 5.03. The number of piperidine rings is 1. The van der Waals surface area contributed by atoms with Crippen LogP contribution in [0.4, 0.5) is 0 Å². The molecule has 2 saturated heterocycles. The Bertz CT molecular complexity index is 549. The molecule has 0 aromatic heterocycles. The number of aliphatic hydroxyl groups is 1. The Balaban J connectivity index is 1.83. The summed E-state index contributed by atoms with van der Waals surface area (Å²) in [5, 5.41) is 11.1. The standard InChI is InChI=1S/C18H27NO4/c1-11-9-14(21)17-5-3-7-19-8-4-6-18(17,19)15(22)10-13(17)16(11)23-12(2)20/h11,13-14,16,21H,3-10H2,1-2H3. The Morgan fingerprint density at radius 2 is 2.00 bits per heavy atom. The van der Waals surface area contributed by atoms with Crippen molar-refractivity contribution in [3.05, 3.63) is 0 Å². The number of hydrogen-bond acceptors (Lipinski definition) is 5. The molecule has 5 heteroatoms. The van der Waals surface area contributed by atoms with E-state index in [0.717, 1.165) is 38.8 Å². The normalized spacial score (nSPS) is 49.4. The van der Waals surface area contributed by atoms with Gasteiger partial charge in [-0.3, -0.25) is 14.5 Å². The minimum absolute atomic E-state index is 0.0291. The lowest BCUT2D eigenvalue weighted by atomic mass is 9.52. The summed E-state index contributed by atoms with van der Waals surface area (Å²) >= 11 is 0. The van der Waals surface area contributed by atoms with Crippen LogP contribution in [0, 0.1) is 17.3 Å².